The van der Waals surface area contributed by atoms with Crippen LogP contribution in [0.5, 0.6) is 0 Å². The Kier molecular flexibility index (Phi) is 8.95. The zero-order valence-electron chi connectivity index (χ0n) is 18.3. The first kappa shape index (κ1) is 23.7. The number of ether oxygens (including phenoxy) is 7. The first-order valence-electron chi connectivity index (χ1n) is 10.6. The molecule has 0 bridgehead atoms. The molecule has 174 valence electrons. The topological polar surface area (TPSA) is 64.6 Å². The molecule has 0 unspecified atom stereocenters. The molecule has 0 aliphatic carbocycles. The average Bonchev–Trinajstić information content (AvgIpc) is 2.86. The highest BCUT2D eigenvalue weighted by Crippen LogP contribution is 2.36. The maximum Gasteiger partial charge on any atom is 0.186 e. The molecule has 2 heterocycles. The summed E-state index contributed by atoms with van der Waals surface area (Å²) in [7, 11) is 1.60. The lowest BCUT2D eigenvalue weighted by Gasteiger charge is -2.48. The number of fused-ring (bicyclic) bond motifs is 1. The number of rotatable bonds is 10. The van der Waals surface area contributed by atoms with Crippen molar-refractivity contribution in [2.24, 2.45) is 0 Å². The number of thioether (sulfide) groups is 1. The highest BCUT2D eigenvalue weighted by Gasteiger charge is 2.51. The first-order valence-corrected chi connectivity index (χ1v) is 12.0. The fraction of sp³-hybridized carbons (Fsp3) is 0.500. The third-order valence-electron chi connectivity index (χ3n) is 5.42. The molecular weight excluding hydrogens is 432 g/mol. The Labute approximate surface area is 193 Å². The van der Waals surface area contributed by atoms with Crippen LogP contribution in [0.15, 0.2) is 60.7 Å². The summed E-state index contributed by atoms with van der Waals surface area (Å²) in [6.07, 6.45) is -0.773. The zero-order chi connectivity index (χ0) is 22.2. The molecule has 0 amide bonds. The lowest BCUT2D eigenvalue weighted by molar-refractivity contribution is -0.370. The van der Waals surface area contributed by atoms with Crippen LogP contribution in [-0.2, 0) is 39.8 Å². The van der Waals surface area contributed by atoms with Gasteiger partial charge in [-0.15, -0.1) is 11.8 Å². The molecule has 0 spiro atoms. The highest BCUT2D eigenvalue weighted by atomic mass is 32.2. The molecule has 7 nitrogen and oxygen atoms in total. The predicted molar refractivity (Wildman–Crippen MR) is 120 cm³/mol. The molecule has 32 heavy (non-hydrogen) atoms. The van der Waals surface area contributed by atoms with E-state index in [1.165, 1.54) is 0 Å². The van der Waals surface area contributed by atoms with Crippen molar-refractivity contribution in [3.8, 4) is 0 Å². The van der Waals surface area contributed by atoms with Gasteiger partial charge in [-0.3, -0.25) is 0 Å². The van der Waals surface area contributed by atoms with E-state index in [1.807, 2.05) is 66.9 Å². The van der Waals surface area contributed by atoms with Crippen LogP contribution in [0, 0.1) is 0 Å². The normalized spacial score (nSPS) is 30.1. The number of hydrogen-bond donors (Lipinski definition) is 0. The van der Waals surface area contributed by atoms with Crippen molar-refractivity contribution >= 4 is 11.8 Å². The largest absolute Gasteiger partial charge is 0.359 e. The Balaban J connectivity index is 1.46. The number of hydrogen-bond acceptors (Lipinski definition) is 8. The van der Waals surface area contributed by atoms with Gasteiger partial charge in [-0.2, -0.15) is 0 Å². The van der Waals surface area contributed by atoms with Crippen LogP contribution in [0.4, 0.5) is 0 Å². The molecule has 2 aliphatic rings. The molecule has 2 aromatic carbocycles. The lowest BCUT2D eigenvalue weighted by Crippen LogP contribution is -2.63. The second-order valence-corrected chi connectivity index (χ2v) is 8.39. The summed E-state index contributed by atoms with van der Waals surface area (Å²) >= 11 is 1.58. The van der Waals surface area contributed by atoms with E-state index in [0.29, 0.717) is 19.2 Å². The maximum atomic E-state index is 6.34. The summed E-state index contributed by atoms with van der Waals surface area (Å²) < 4.78 is 42.0. The minimum atomic E-state index is -0.594. The van der Waals surface area contributed by atoms with Crippen molar-refractivity contribution < 1.29 is 33.2 Å². The molecule has 0 saturated carbocycles. The summed E-state index contributed by atoms with van der Waals surface area (Å²) in [6, 6.07) is 19.8. The van der Waals surface area contributed by atoms with E-state index < -0.39 is 30.9 Å². The molecule has 2 aliphatic heterocycles. The van der Waals surface area contributed by atoms with E-state index in [2.05, 4.69) is 0 Å². The summed E-state index contributed by atoms with van der Waals surface area (Å²) in [6.45, 7) is 0.918. The lowest BCUT2D eigenvalue weighted by atomic mass is 9.97. The minimum Gasteiger partial charge on any atom is -0.359 e. The van der Waals surface area contributed by atoms with Crippen LogP contribution in [0.3, 0.4) is 0 Å². The van der Waals surface area contributed by atoms with Crippen LogP contribution in [0.2, 0.25) is 0 Å². The Morgan fingerprint density at radius 2 is 1.69 bits per heavy atom. The molecule has 2 saturated heterocycles. The van der Waals surface area contributed by atoms with E-state index in [0.717, 1.165) is 11.1 Å². The van der Waals surface area contributed by atoms with Crippen molar-refractivity contribution in [1.82, 2.24) is 0 Å². The third kappa shape index (κ3) is 5.89. The van der Waals surface area contributed by atoms with Gasteiger partial charge in [0, 0.05) is 12.7 Å². The number of benzene rings is 2. The summed E-state index contributed by atoms with van der Waals surface area (Å²) in [5, 5.41) is 0. The second-order valence-electron chi connectivity index (χ2n) is 7.58. The fourth-order valence-corrected chi connectivity index (χ4v) is 4.18. The number of methoxy groups -OCH3 is 1. The summed E-state index contributed by atoms with van der Waals surface area (Å²) in [5.74, 6) is 0.481. The maximum absolute atomic E-state index is 6.34. The second kappa shape index (κ2) is 12.1. The Morgan fingerprint density at radius 1 is 0.938 bits per heavy atom. The Hall–Kier alpha value is -1.49. The van der Waals surface area contributed by atoms with E-state index >= 15 is 0 Å². The van der Waals surface area contributed by atoms with Crippen molar-refractivity contribution in [2.45, 2.75) is 43.6 Å². The first-order chi connectivity index (χ1) is 15.8. The van der Waals surface area contributed by atoms with Gasteiger partial charge < -0.3 is 33.2 Å². The average molecular weight is 463 g/mol. The van der Waals surface area contributed by atoms with Gasteiger partial charge in [0.1, 0.15) is 31.2 Å². The molecule has 4 rings (SSSR count). The van der Waals surface area contributed by atoms with Gasteiger partial charge in [0.05, 0.1) is 19.2 Å². The van der Waals surface area contributed by atoms with E-state index in [9.17, 15) is 0 Å². The monoisotopic (exact) mass is 462 g/mol. The summed E-state index contributed by atoms with van der Waals surface area (Å²) in [5.41, 5.74) is 2.03. The van der Waals surface area contributed by atoms with Gasteiger partial charge in [-0.1, -0.05) is 60.7 Å². The van der Waals surface area contributed by atoms with Crippen molar-refractivity contribution in [2.75, 3.05) is 32.7 Å². The van der Waals surface area contributed by atoms with Crippen LogP contribution in [0.1, 0.15) is 17.4 Å². The van der Waals surface area contributed by atoms with Gasteiger partial charge in [-0.25, -0.2) is 0 Å². The zero-order valence-corrected chi connectivity index (χ0v) is 19.1. The van der Waals surface area contributed by atoms with Gasteiger partial charge in [0.25, 0.3) is 0 Å². The Bertz CT molecular complexity index is 793. The minimum absolute atomic E-state index is 0.0958. The van der Waals surface area contributed by atoms with Gasteiger partial charge in [-0.05, 0) is 11.8 Å². The van der Waals surface area contributed by atoms with Crippen LogP contribution in [-0.4, -0.2) is 63.4 Å². The SMILES string of the molecule is CO[C@H]1O[C@@H]2CO[C@H](c3ccccc3)O[C@@H]2[C@H](OCOCc2ccccc2)[C@H]1OCSC. The predicted octanol–water partition coefficient (Wildman–Crippen LogP) is 3.74. The van der Waals surface area contributed by atoms with Gasteiger partial charge >= 0.3 is 0 Å². The van der Waals surface area contributed by atoms with E-state index in [-0.39, 0.29) is 12.9 Å². The molecule has 8 heteroatoms. The van der Waals surface area contributed by atoms with Crippen molar-refractivity contribution in [3.05, 3.63) is 71.8 Å². The van der Waals surface area contributed by atoms with Crippen molar-refractivity contribution in [1.29, 1.82) is 0 Å². The van der Waals surface area contributed by atoms with Crippen molar-refractivity contribution in [3.63, 3.8) is 0 Å². The smallest absolute Gasteiger partial charge is 0.186 e. The molecule has 0 radical (unpaired) electrons. The fourth-order valence-electron chi connectivity index (χ4n) is 3.89. The van der Waals surface area contributed by atoms with Crippen LogP contribution in [0.25, 0.3) is 0 Å². The highest BCUT2D eigenvalue weighted by molar-refractivity contribution is 7.98. The molecular formula is C24H30O7S. The molecule has 6 atom stereocenters. The standard InChI is InChI=1S/C24H30O7S/c1-25-24-22(29-16-32-2)21(28-15-26-13-17-9-5-3-6-10-17)20-19(30-24)14-27-23(31-20)18-11-7-4-8-12-18/h3-12,19-24H,13-16H2,1-2H3/t19-,20+,21+,22-,23+,24+/m1/s1. The Morgan fingerprint density at radius 3 is 2.41 bits per heavy atom. The molecule has 0 N–H and O–H groups in total. The molecule has 2 aromatic rings. The molecule has 2 fully saturated rings. The van der Waals surface area contributed by atoms with E-state index in [4.69, 9.17) is 33.2 Å². The van der Waals surface area contributed by atoms with Gasteiger partial charge in [0.15, 0.2) is 12.6 Å². The summed E-state index contributed by atoms with van der Waals surface area (Å²) in [4.78, 5) is 0. The third-order valence-corrected chi connectivity index (χ3v) is 5.79. The quantitative estimate of drug-likeness (QED) is 0.391. The van der Waals surface area contributed by atoms with Crippen LogP contribution < -0.4 is 0 Å². The van der Waals surface area contributed by atoms with Crippen LogP contribution >= 0.6 is 11.8 Å². The van der Waals surface area contributed by atoms with Gasteiger partial charge in [0.2, 0.25) is 0 Å². The van der Waals surface area contributed by atoms with E-state index in [1.54, 1.807) is 18.9 Å². The molecule has 0 aromatic heterocycles.